The second kappa shape index (κ2) is 7.55. The average Bonchev–Trinajstić information content (AvgIpc) is 2.34. The van der Waals surface area contributed by atoms with Crippen LogP contribution >= 0.6 is 0 Å². The molecule has 0 saturated heterocycles. The minimum atomic E-state index is 1.05. The number of nitrogens with zero attached hydrogens (tertiary/aromatic N) is 2. The van der Waals surface area contributed by atoms with E-state index in [4.69, 9.17) is 0 Å². The largest absolute Gasteiger partial charge is 0.303 e. The molecule has 0 heterocycles. The smallest absolute Gasteiger partial charge is 0.0233 e. The van der Waals surface area contributed by atoms with E-state index < -0.39 is 0 Å². The molecule has 0 bridgehead atoms. The van der Waals surface area contributed by atoms with Crippen molar-refractivity contribution in [2.45, 2.75) is 34.2 Å². The maximum absolute atomic E-state index is 2.47. The van der Waals surface area contributed by atoms with Crippen molar-refractivity contribution in [1.29, 1.82) is 0 Å². The molecule has 0 N–H and O–H groups in total. The van der Waals surface area contributed by atoms with Gasteiger partial charge in [0.15, 0.2) is 0 Å². The van der Waals surface area contributed by atoms with Gasteiger partial charge in [-0.2, -0.15) is 0 Å². The molecule has 2 nitrogen and oxygen atoms in total. The summed E-state index contributed by atoms with van der Waals surface area (Å²) in [4.78, 5) is 4.88. The first kappa shape index (κ1) is 15.2. The van der Waals surface area contributed by atoms with Crippen LogP contribution in [0.15, 0.2) is 18.2 Å². The number of benzene rings is 1. The Kier molecular flexibility index (Phi) is 6.37. The number of hydrogen-bond donors (Lipinski definition) is 0. The summed E-state index contributed by atoms with van der Waals surface area (Å²) < 4.78 is 0. The molecular formula is C16H28N2. The Hall–Kier alpha value is -0.860. The first-order valence-electron chi connectivity index (χ1n) is 7.03. The molecule has 0 aliphatic rings. The fourth-order valence-corrected chi connectivity index (χ4v) is 2.25. The molecule has 1 aromatic carbocycles. The minimum absolute atomic E-state index is 1.05. The molecule has 0 saturated carbocycles. The Morgan fingerprint density at radius 3 is 2.22 bits per heavy atom. The zero-order valence-corrected chi connectivity index (χ0v) is 12.7. The van der Waals surface area contributed by atoms with E-state index in [1.54, 1.807) is 0 Å². The summed E-state index contributed by atoms with van der Waals surface area (Å²) in [6, 6.07) is 6.74. The summed E-state index contributed by atoms with van der Waals surface area (Å²) in [5.74, 6) is 0. The number of hydrogen-bond acceptors (Lipinski definition) is 2. The lowest BCUT2D eigenvalue weighted by molar-refractivity contribution is 0.236. The second-order valence-corrected chi connectivity index (χ2v) is 5.19. The highest BCUT2D eigenvalue weighted by Crippen LogP contribution is 2.12. The lowest BCUT2D eigenvalue weighted by Crippen LogP contribution is -2.32. The first-order valence-corrected chi connectivity index (χ1v) is 7.03. The van der Waals surface area contributed by atoms with Gasteiger partial charge < -0.3 is 9.80 Å². The third kappa shape index (κ3) is 4.79. The van der Waals surface area contributed by atoms with Crippen LogP contribution in [0.2, 0.25) is 0 Å². The Balaban J connectivity index is 2.46. The van der Waals surface area contributed by atoms with E-state index in [0.717, 1.165) is 32.7 Å². The van der Waals surface area contributed by atoms with Gasteiger partial charge in [-0.05, 0) is 45.1 Å². The van der Waals surface area contributed by atoms with Gasteiger partial charge in [-0.15, -0.1) is 0 Å². The Labute approximate surface area is 113 Å². The van der Waals surface area contributed by atoms with E-state index in [9.17, 15) is 0 Å². The summed E-state index contributed by atoms with van der Waals surface area (Å²) in [6.45, 7) is 14.5. The molecule has 0 aromatic heterocycles. The van der Waals surface area contributed by atoms with E-state index in [1.807, 2.05) is 0 Å². The van der Waals surface area contributed by atoms with Crippen molar-refractivity contribution in [3.63, 3.8) is 0 Å². The van der Waals surface area contributed by atoms with E-state index in [2.05, 4.69) is 62.7 Å². The van der Waals surface area contributed by atoms with Gasteiger partial charge in [-0.1, -0.05) is 37.6 Å². The highest BCUT2D eigenvalue weighted by atomic mass is 15.2. The average molecular weight is 248 g/mol. The molecule has 102 valence electrons. The zero-order chi connectivity index (χ0) is 13.5. The first-order chi connectivity index (χ1) is 8.56. The van der Waals surface area contributed by atoms with E-state index >= 15 is 0 Å². The molecule has 0 fully saturated rings. The number of aryl methyl sites for hydroxylation is 2. The van der Waals surface area contributed by atoms with Crippen LogP contribution in [-0.4, -0.2) is 43.0 Å². The summed E-state index contributed by atoms with van der Waals surface area (Å²) in [6.07, 6.45) is 0. The molecule has 0 spiro atoms. The van der Waals surface area contributed by atoms with Crippen LogP contribution in [-0.2, 0) is 6.54 Å². The van der Waals surface area contributed by atoms with Crippen molar-refractivity contribution in [2.24, 2.45) is 0 Å². The van der Waals surface area contributed by atoms with Gasteiger partial charge in [-0.3, -0.25) is 0 Å². The molecular weight excluding hydrogens is 220 g/mol. The summed E-state index contributed by atoms with van der Waals surface area (Å²) in [7, 11) is 2.21. The molecule has 1 aromatic rings. The summed E-state index contributed by atoms with van der Waals surface area (Å²) in [5.41, 5.74) is 4.20. The van der Waals surface area contributed by atoms with Gasteiger partial charge in [0.05, 0.1) is 0 Å². The van der Waals surface area contributed by atoms with Gasteiger partial charge >= 0.3 is 0 Å². The van der Waals surface area contributed by atoms with Crippen LogP contribution in [0.25, 0.3) is 0 Å². The van der Waals surface area contributed by atoms with Crippen LogP contribution in [0.4, 0.5) is 0 Å². The Morgan fingerprint density at radius 1 is 1.00 bits per heavy atom. The lowest BCUT2D eigenvalue weighted by Gasteiger charge is -2.23. The van der Waals surface area contributed by atoms with Gasteiger partial charge in [0.25, 0.3) is 0 Å². The summed E-state index contributed by atoms with van der Waals surface area (Å²) >= 11 is 0. The highest BCUT2D eigenvalue weighted by Gasteiger charge is 2.05. The van der Waals surface area contributed by atoms with Crippen molar-refractivity contribution in [1.82, 2.24) is 9.80 Å². The maximum atomic E-state index is 2.47. The van der Waals surface area contributed by atoms with Crippen molar-refractivity contribution in [3.8, 4) is 0 Å². The molecule has 2 heteroatoms. The third-order valence-electron chi connectivity index (χ3n) is 3.63. The van der Waals surface area contributed by atoms with E-state index in [1.165, 1.54) is 16.7 Å². The van der Waals surface area contributed by atoms with Crippen molar-refractivity contribution in [2.75, 3.05) is 33.2 Å². The van der Waals surface area contributed by atoms with Crippen LogP contribution in [0.1, 0.15) is 30.5 Å². The Bertz CT molecular complexity index is 356. The molecule has 0 amide bonds. The van der Waals surface area contributed by atoms with Crippen LogP contribution in [0.5, 0.6) is 0 Å². The van der Waals surface area contributed by atoms with Crippen LogP contribution in [0, 0.1) is 13.8 Å². The molecule has 0 atom stereocenters. The zero-order valence-electron chi connectivity index (χ0n) is 12.7. The fourth-order valence-electron chi connectivity index (χ4n) is 2.25. The van der Waals surface area contributed by atoms with Crippen molar-refractivity contribution < 1.29 is 0 Å². The van der Waals surface area contributed by atoms with E-state index in [-0.39, 0.29) is 0 Å². The van der Waals surface area contributed by atoms with Crippen LogP contribution in [0.3, 0.4) is 0 Å². The van der Waals surface area contributed by atoms with Gasteiger partial charge in [0.1, 0.15) is 0 Å². The fraction of sp³-hybridized carbons (Fsp3) is 0.625. The standard InChI is InChI=1S/C16H28N2/c1-6-18(7-2)11-10-17(5)13-16-9-8-14(3)12-15(16)4/h8-9,12H,6-7,10-11,13H2,1-5H3. The normalized spacial score (nSPS) is 11.5. The quantitative estimate of drug-likeness (QED) is 0.731. The molecule has 1 rings (SSSR count). The van der Waals surface area contributed by atoms with Crippen molar-refractivity contribution >= 4 is 0 Å². The minimum Gasteiger partial charge on any atom is -0.303 e. The Morgan fingerprint density at radius 2 is 1.67 bits per heavy atom. The lowest BCUT2D eigenvalue weighted by atomic mass is 10.1. The third-order valence-corrected chi connectivity index (χ3v) is 3.63. The van der Waals surface area contributed by atoms with Crippen LogP contribution < -0.4 is 0 Å². The predicted molar refractivity (Wildman–Crippen MR) is 80.0 cm³/mol. The molecule has 0 unspecified atom stereocenters. The summed E-state index contributed by atoms with van der Waals surface area (Å²) in [5, 5.41) is 0. The maximum Gasteiger partial charge on any atom is 0.0233 e. The molecule has 0 aliphatic heterocycles. The van der Waals surface area contributed by atoms with Crippen molar-refractivity contribution in [3.05, 3.63) is 34.9 Å². The van der Waals surface area contributed by atoms with Gasteiger partial charge in [0.2, 0.25) is 0 Å². The second-order valence-electron chi connectivity index (χ2n) is 5.19. The predicted octanol–water partition coefficient (Wildman–Crippen LogP) is 3.08. The topological polar surface area (TPSA) is 6.48 Å². The van der Waals surface area contributed by atoms with E-state index in [0.29, 0.717) is 0 Å². The molecule has 0 aliphatic carbocycles. The highest BCUT2D eigenvalue weighted by molar-refractivity contribution is 5.30. The molecule has 0 radical (unpaired) electrons. The van der Waals surface area contributed by atoms with Gasteiger partial charge in [0, 0.05) is 19.6 Å². The SMILES string of the molecule is CCN(CC)CCN(C)Cc1ccc(C)cc1C. The van der Waals surface area contributed by atoms with Gasteiger partial charge in [-0.25, -0.2) is 0 Å². The molecule has 18 heavy (non-hydrogen) atoms. The number of rotatable bonds is 7. The monoisotopic (exact) mass is 248 g/mol. The number of likely N-dealkylation sites (N-methyl/N-ethyl adjacent to an activating group) is 2.